The normalized spacial score (nSPS) is 18.6. The van der Waals surface area contributed by atoms with Gasteiger partial charge in [-0.3, -0.25) is 4.98 Å². The number of hydrogen-bond acceptors (Lipinski definition) is 3. The van der Waals surface area contributed by atoms with Crippen LogP contribution in [0.5, 0.6) is 0 Å². The zero-order chi connectivity index (χ0) is 12.3. The van der Waals surface area contributed by atoms with E-state index >= 15 is 0 Å². The molecule has 17 heavy (non-hydrogen) atoms. The molecule has 0 aromatic carbocycles. The van der Waals surface area contributed by atoms with Crippen molar-refractivity contribution < 1.29 is 0 Å². The van der Waals surface area contributed by atoms with Crippen LogP contribution in [0.2, 0.25) is 0 Å². The SMILES string of the molecule is CC(C)c1cncc(NC2CCN(C)CC2)c1. The minimum atomic E-state index is 0.543. The van der Waals surface area contributed by atoms with Crippen molar-refractivity contribution >= 4 is 5.69 Å². The van der Waals surface area contributed by atoms with E-state index in [0.29, 0.717) is 12.0 Å². The number of anilines is 1. The first-order valence-electron chi connectivity index (χ1n) is 6.55. The van der Waals surface area contributed by atoms with Crippen molar-refractivity contribution in [2.75, 3.05) is 25.5 Å². The Bertz CT molecular complexity index is 354. The molecule has 3 nitrogen and oxygen atoms in total. The third-order valence-corrected chi connectivity index (χ3v) is 3.52. The Morgan fingerprint density at radius 3 is 2.65 bits per heavy atom. The molecule has 0 spiro atoms. The van der Waals surface area contributed by atoms with Gasteiger partial charge in [0.2, 0.25) is 0 Å². The molecule has 1 aromatic heterocycles. The molecule has 0 atom stereocenters. The summed E-state index contributed by atoms with van der Waals surface area (Å²) in [5.74, 6) is 0.543. The van der Waals surface area contributed by atoms with Gasteiger partial charge in [-0.15, -0.1) is 0 Å². The van der Waals surface area contributed by atoms with Crippen LogP contribution < -0.4 is 5.32 Å². The maximum Gasteiger partial charge on any atom is 0.0531 e. The van der Waals surface area contributed by atoms with Crippen molar-refractivity contribution in [1.82, 2.24) is 9.88 Å². The van der Waals surface area contributed by atoms with Crippen LogP contribution in [0.15, 0.2) is 18.5 Å². The smallest absolute Gasteiger partial charge is 0.0531 e. The molecule has 0 radical (unpaired) electrons. The van der Waals surface area contributed by atoms with Gasteiger partial charge in [-0.25, -0.2) is 0 Å². The Morgan fingerprint density at radius 1 is 1.29 bits per heavy atom. The minimum Gasteiger partial charge on any atom is -0.381 e. The summed E-state index contributed by atoms with van der Waals surface area (Å²) in [4.78, 5) is 6.70. The zero-order valence-electron chi connectivity index (χ0n) is 11.1. The molecular formula is C14H23N3. The lowest BCUT2D eigenvalue weighted by atomic mass is 10.0. The van der Waals surface area contributed by atoms with Crippen LogP contribution in [0, 0.1) is 0 Å². The van der Waals surface area contributed by atoms with Gasteiger partial charge >= 0.3 is 0 Å². The first-order valence-corrected chi connectivity index (χ1v) is 6.55. The van der Waals surface area contributed by atoms with Crippen molar-refractivity contribution in [3.63, 3.8) is 0 Å². The lowest BCUT2D eigenvalue weighted by Gasteiger charge is -2.30. The minimum absolute atomic E-state index is 0.543. The van der Waals surface area contributed by atoms with Crippen molar-refractivity contribution in [2.24, 2.45) is 0 Å². The Labute approximate surface area is 104 Å². The largest absolute Gasteiger partial charge is 0.381 e. The molecule has 0 amide bonds. The molecule has 1 N–H and O–H groups in total. The van der Waals surface area contributed by atoms with Crippen LogP contribution in [0.25, 0.3) is 0 Å². The maximum atomic E-state index is 4.31. The Hall–Kier alpha value is -1.09. The van der Waals surface area contributed by atoms with Gasteiger partial charge in [-0.2, -0.15) is 0 Å². The molecule has 1 aromatic rings. The molecule has 0 aliphatic carbocycles. The fourth-order valence-electron chi connectivity index (χ4n) is 2.24. The van der Waals surface area contributed by atoms with E-state index in [1.807, 2.05) is 12.4 Å². The average Bonchev–Trinajstić information content (AvgIpc) is 2.32. The molecule has 0 unspecified atom stereocenters. The lowest BCUT2D eigenvalue weighted by molar-refractivity contribution is 0.264. The van der Waals surface area contributed by atoms with E-state index in [4.69, 9.17) is 0 Å². The van der Waals surface area contributed by atoms with E-state index in [1.54, 1.807) is 0 Å². The van der Waals surface area contributed by atoms with Gasteiger partial charge in [-0.05, 0) is 50.5 Å². The highest BCUT2D eigenvalue weighted by molar-refractivity contribution is 5.44. The Balaban J connectivity index is 1.96. The highest BCUT2D eigenvalue weighted by Gasteiger charge is 2.16. The molecule has 2 rings (SSSR count). The van der Waals surface area contributed by atoms with Gasteiger partial charge in [0.25, 0.3) is 0 Å². The zero-order valence-corrected chi connectivity index (χ0v) is 11.1. The second-order valence-corrected chi connectivity index (χ2v) is 5.38. The summed E-state index contributed by atoms with van der Waals surface area (Å²) in [5.41, 5.74) is 2.48. The number of nitrogens with zero attached hydrogens (tertiary/aromatic N) is 2. The third kappa shape index (κ3) is 3.43. The van der Waals surface area contributed by atoms with E-state index in [1.165, 1.54) is 37.2 Å². The van der Waals surface area contributed by atoms with E-state index in [2.05, 4.69) is 42.2 Å². The van der Waals surface area contributed by atoms with Gasteiger partial charge in [0, 0.05) is 18.4 Å². The predicted molar refractivity (Wildman–Crippen MR) is 72.5 cm³/mol. The highest BCUT2D eigenvalue weighted by atomic mass is 15.1. The van der Waals surface area contributed by atoms with E-state index in [0.717, 1.165) is 0 Å². The molecule has 0 saturated carbocycles. The summed E-state index contributed by atoms with van der Waals surface area (Å²) >= 11 is 0. The van der Waals surface area contributed by atoms with Crippen LogP contribution in [0.1, 0.15) is 38.2 Å². The van der Waals surface area contributed by atoms with E-state index in [9.17, 15) is 0 Å². The predicted octanol–water partition coefficient (Wildman–Crippen LogP) is 2.71. The Morgan fingerprint density at radius 2 is 2.00 bits per heavy atom. The molecule has 2 heterocycles. The summed E-state index contributed by atoms with van der Waals surface area (Å²) in [7, 11) is 2.19. The molecule has 0 bridgehead atoms. The fraction of sp³-hybridized carbons (Fsp3) is 0.643. The molecule has 3 heteroatoms. The summed E-state index contributed by atoms with van der Waals surface area (Å²) < 4.78 is 0. The van der Waals surface area contributed by atoms with Crippen molar-refractivity contribution in [3.8, 4) is 0 Å². The van der Waals surface area contributed by atoms with Crippen LogP contribution in [0.3, 0.4) is 0 Å². The Kier molecular flexibility index (Phi) is 4.00. The average molecular weight is 233 g/mol. The van der Waals surface area contributed by atoms with Crippen LogP contribution in [-0.2, 0) is 0 Å². The van der Waals surface area contributed by atoms with Gasteiger partial charge in [0.05, 0.1) is 5.69 Å². The molecular weight excluding hydrogens is 210 g/mol. The van der Waals surface area contributed by atoms with Crippen molar-refractivity contribution in [1.29, 1.82) is 0 Å². The summed E-state index contributed by atoms with van der Waals surface area (Å²) in [6, 6.07) is 2.84. The van der Waals surface area contributed by atoms with Gasteiger partial charge in [0.15, 0.2) is 0 Å². The van der Waals surface area contributed by atoms with E-state index in [-0.39, 0.29) is 0 Å². The van der Waals surface area contributed by atoms with Crippen molar-refractivity contribution in [2.45, 2.75) is 38.6 Å². The summed E-state index contributed by atoms with van der Waals surface area (Å²) in [5, 5.41) is 3.61. The maximum absolute atomic E-state index is 4.31. The molecule has 94 valence electrons. The van der Waals surface area contributed by atoms with Crippen LogP contribution >= 0.6 is 0 Å². The quantitative estimate of drug-likeness (QED) is 0.870. The van der Waals surface area contributed by atoms with Gasteiger partial charge in [-0.1, -0.05) is 13.8 Å². The van der Waals surface area contributed by atoms with Crippen LogP contribution in [0.4, 0.5) is 5.69 Å². The highest BCUT2D eigenvalue weighted by Crippen LogP contribution is 2.19. The number of hydrogen-bond donors (Lipinski definition) is 1. The molecule has 1 saturated heterocycles. The number of aromatic nitrogens is 1. The van der Waals surface area contributed by atoms with Gasteiger partial charge in [0.1, 0.15) is 0 Å². The molecule has 1 aliphatic rings. The first-order chi connectivity index (χ1) is 8.15. The van der Waals surface area contributed by atoms with Crippen LogP contribution in [-0.4, -0.2) is 36.1 Å². The monoisotopic (exact) mass is 233 g/mol. The lowest BCUT2D eigenvalue weighted by Crippen LogP contribution is -2.36. The van der Waals surface area contributed by atoms with E-state index < -0.39 is 0 Å². The van der Waals surface area contributed by atoms with Gasteiger partial charge < -0.3 is 10.2 Å². The number of rotatable bonds is 3. The second kappa shape index (κ2) is 5.50. The second-order valence-electron chi connectivity index (χ2n) is 5.38. The summed E-state index contributed by atoms with van der Waals surface area (Å²) in [6.07, 6.45) is 6.35. The first kappa shape index (κ1) is 12.4. The standard InChI is InChI=1S/C14H23N3/c1-11(2)12-8-14(10-15-9-12)16-13-4-6-17(3)7-5-13/h8-11,13,16H,4-7H2,1-3H3. The number of pyridine rings is 1. The number of nitrogens with one attached hydrogen (secondary N) is 1. The number of likely N-dealkylation sites (tertiary alicyclic amines) is 1. The summed E-state index contributed by atoms with van der Waals surface area (Å²) in [6.45, 7) is 6.79. The third-order valence-electron chi connectivity index (χ3n) is 3.52. The molecule has 1 fully saturated rings. The topological polar surface area (TPSA) is 28.2 Å². The van der Waals surface area contributed by atoms with Crippen molar-refractivity contribution in [3.05, 3.63) is 24.0 Å². The molecule has 1 aliphatic heterocycles. The fourth-order valence-corrected chi connectivity index (χ4v) is 2.24. The number of piperidine rings is 1.